The molecule has 0 saturated carbocycles. The molecule has 1 atom stereocenters. The van der Waals surface area contributed by atoms with Crippen molar-refractivity contribution in [2.75, 3.05) is 13.2 Å². The molecule has 5 nitrogen and oxygen atoms in total. The first kappa shape index (κ1) is 40.9. The molecule has 0 aliphatic heterocycles. The summed E-state index contributed by atoms with van der Waals surface area (Å²) < 4.78 is 10.5. The van der Waals surface area contributed by atoms with Gasteiger partial charge in [-0.3, -0.25) is 9.59 Å². The molecule has 0 aliphatic carbocycles. The minimum atomic E-state index is -0.785. The van der Waals surface area contributed by atoms with E-state index >= 15 is 0 Å². The molecule has 0 aromatic carbocycles. The SMILES string of the molecule is CC/C=C/C/C=C/C/C=C/C/C=C/CCCCC(=O)OC[C@H](CO)OC(=O)CCCCCCCCCCCCCCCC. The molecule has 0 amide bonds. The predicted molar refractivity (Wildman–Crippen MR) is 182 cm³/mol. The van der Waals surface area contributed by atoms with Crippen molar-refractivity contribution in [3.8, 4) is 0 Å². The number of aliphatic hydroxyl groups is 1. The number of ether oxygens (including phenoxy) is 2. The lowest BCUT2D eigenvalue weighted by atomic mass is 10.0. The van der Waals surface area contributed by atoms with Gasteiger partial charge in [0, 0.05) is 12.8 Å². The third kappa shape index (κ3) is 32.6. The van der Waals surface area contributed by atoms with Gasteiger partial charge in [-0.1, -0.05) is 146 Å². The monoisotopic (exact) mass is 602 g/mol. The fourth-order valence-corrected chi connectivity index (χ4v) is 4.72. The Bertz CT molecular complexity index is 737. The number of aliphatic hydroxyl groups excluding tert-OH is 1. The summed E-state index contributed by atoms with van der Waals surface area (Å²) in [5, 5.41) is 9.51. The smallest absolute Gasteiger partial charge is 0.306 e. The van der Waals surface area contributed by atoms with E-state index in [2.05, 4.69) is 62.5 Å². The largest absolute Gasteiger partial charge is 0.462 e. The summed E-state index contributed by atoms with van der Waals surface area (Å²) >= 11 is 0. The minimum absolute atomic E-state index is 0.0866. The van der Waals surface area contributed by atoms with E-state index in [0.717, 1.165) is 64.2 Å². The quantitative estimate of drug-likeness (QED) is 0.0485. The van der Waals surface area contributed by atoms with Crippen LogP contribution in [-0.4, -0.2) is 36.4 Å². The third-order valence-electron chi connectivity index (χ3n) is 7.39. The first-order valence-electron chi connectivity index (χ1n) is 17.7. The number of carbonyl (C=O) groups excluding carboxylic acids is 2. The lowest BCUT2D eigenvalue weighted by molar-refractivity contribution is -0.161. The first-order chi connectivity index (χ1) is 21.1. The normalized spacial score (nSPS) is 12.7. The van der Waals surface area contributed by atoms with Crippen molar-refractivity contribution < 1.29 is 24.2 Å². The maximum atomic E-state index is 12.1. The highest BCUT2D eigenvalue weighted by Gasteiger charge is 2.16. The molecule has 5 heteroatoms. The fourth-order valence-electron chi connectivity index (χ4n) is 4.72. The van der Waals surface area contributed by atoms with E-state index in [1.165, 1.54) is 70.6 Å². The van der Waals surface area contributed by atoms with Gasteiger partial charge >= 0.3 is 11.9 Å². The Balaban J connectivity index is 3.65. The van der Waals surface area contributed by atoms with Gasteiger partial charge in [-0.2, -0.15) is 0 Å². The van der Waals surface area contributed by atoms with E-state index in [1.807, 2.05) is 0 Å². The molecule has 0 heterocycles. The lowest BCUT2D eigenvalue weighted by Gasteiger charge is -2.15. The summed E-state index contributed by atoms with van der Waals surface area (Å²) in [4.78, 5) is 24.1. The Kier molecular flexibility index (Phi) is 32.6. The van der Waals surface area contributed by atoms with Crippen LogP contribution in [0.15, 0.2) is 48.6 Å². The van der Waals surface area contributed by atoms with Crippen LogP contribution in [0, 0.1) is 0 Å². The van der Waals surface area contributed by atoms with Crippen molar-refractivity contribution in [1.29, 1.82) is 0 Å². The van der Waals surface area contributed by atoms with Gasteiger partial charge in [-0.05, 0) is 51.4 Å². The maximum Gasteiger partial charge on any atom is 0.306 e. The Labute approximate surface area is 265 Å². The number of carbonyl (C=O) groups is 2. The highest BCUT2D eigenvalue weighted by molar-refractivity contribution is 5.70. The number of rotatable bonds is 31. The van der Waals surface area contributed by atoms with Crippen molar-refractivity contribution in [3.63, 3.8) is 0 Å². The lowest BCUT2D eigenvalue weighted by Crippen LogP contribution is -2.28. The zero-order chi connectivity index (χ0) is 31.5. The van der Waals surface area contributed by atoms with E-state index in [9.17, 15) is 14.7 Å². The zero-order valence-electron chi connectivity index (χ0n) is 28.0. The molecular weight excluding hydrogens is 536 g/mol. The Morgan fingerprint density at radius 3 is 1.51 bits per heavy atom. The van der Waals surface area contributed by atoms with E-state index in [1.54, 1.807) is 0 Å². The van der Waals surface area contributed by atoms with E-state index in [0.29, 0.717) is 12.8 Å². The van der Waals surface area contributed by atoms with Gasteiger partial charge in [0.05, 0.1) is 6.61 Å². The third-order valence-corrected chi connectivity index (χ3v) is 7.39. The van der Waals surface area contributed by atoms with Crippen LogP contribution < -0.4 is 0 Å². The molecule has 43 heavy (non-hydrogen) atoms. The molecule has 0 fully saturated rings. The number of unbranched alkanes of at least 4 members (excludes halogenated alkanes) is 15. The van der Waals surface area contributed by atoms with Crippen molar-refractivity contribution in [2.24, 2.45) is 0 Å². The average molecular weight is 603 g/mol. The number of hydrogen-bond donors (Lipinski definition) is 1. The average Bonchev–Trinajstić information content (AvgIpc) is 3.01. The summed E-state index contributed by atoms with van der Waals surface area (Å²) in [6.45, 7) is 3.97. The van der Waals surface area contributed by atoms with Crippen LogP contribution in [0.3, 0.4) is 0 Å². The van der Waals surface area contributed by atoms with Crippen LogP contribution in [0.25, 0.3) is 0 Å². The summed E-state index contributed by atoms with van der Waals surface area (Å²) in [6.07, 6.45) is 41.6. The van der Waals surface area contributed by atoms with Crippen LogP contribution in [0.2, 0.25) is 0 Å². The molecule has 0 unspecified atom stereocenters. The second-order valence-corrected chi connectivity index (χ2v) is 11.6. The Morgan fingerprint density at radius 1 is 0.558 bits per heavy atom. The van der Waals surface area contributed by atoms with Gasteiger partial charge < -0.3 is 14.6 Å². The molecule has 0 spiro atoms. The summed E-state index contributed by atoms with van der Waals surface area (Å²) in [5.41, 5.74) is 0. The van der Waals surface area contributed by atoms with Crippen molar-refractivity contribution in [1.82, 2.24) is 0 Å². The standard InChI is InChI=1S/C38H66O5/c1-3-5-7-9-11-13-15-17-19-21-22-24-26-28-30-32-37(40)42-35-36(34-39)43-38(41)33-31-29-27-25-23-20-18-16-14-12-10-8-6-4-2/h5,7,11,13,17,19,22,24,36,39H,3-4,6,8-10,12,14-16,18,20-21,23,25-35H2,1-2H3/b7-5+,13-11+,19-17+,24-22+/t36-/m0/s1. The van der Waals surface area contributed by atoms with Gasteiger partial charge in [-0.15, -0.1) is 0 Å². The second kappa shape index (κ2) is 34.4. The highest BCUT2D eigenvalue weighted by Crippen LogP contribution is 2.14. The van der Waals surface area contributed by atoms with Crippen molar-refractivity contribution in [3.05, 3.63) is 48.6 Å². The number of esters is 2. The Hall–Kier alpha value is -2.14. The second-order valence-electron chi connectivity index (χ2n) is 11.6. The van der Waals surface area contributed by atoms with Crippen LogP contribution in [0.4, 0.5) is 0 Å². The fraction of sp³-hybridized carbons (Fsp3) is 0.737. The molecule has 0 bridgehead atoms. The molecule has 0 aromatic heterocycles. The van der Waals surface area contributed by atoms with Gasteiger partial charge in [-0.25, -0.2) is 0 Å². The summed E-state index contributed by atoms with van der Waals surface area (Å²) in [6, 6.07) is 0. The van der Waals surface area contributed by atoms with Gasteiger partial charge in [0.1, 0.15) is 6.61 Å². The van der Waals surface area contributed by atoms with Crippen LogP contribution in [0.1, 0.15) is 162 Å². The molecule has 0 aliphatic rings. The topological polar surface area (TPSA) is 72.8 Å². The van der Waals surface area contributed by atoms with Gasteiger partial charge in [0.15, 0.2) is 6.10 Å². The molecular formula is C38H66O5. The molecule has 0 aromatic rings. The first-order valence-corrected chi connectivity index (χ1v) is 17.7. The van der Waals surface area contributed by atoms with Gasteiger partial charge in [0.2, 0.25) is 0 Å². The molecule has 248 valence electrons. The van der Waals surface area contributed by atoms with E-state index in [-0.39, 0.29) is 25.2 Å². The molecule has 0 radical (unpaired) electrons. The summed E-state index contributed by atoms with van der Waals surface area (Å²) in [7, 11) is 0. The zero-order valence-corrected chi connectivity index (χ0v) is 28.0. The van der Waals surface area contributed by atoms with Crippen LogP contribution in [-0.2, 0) is 19.1 Å². The van der Waals surface area contributed by atoms with E-state index < -0.39 is 6.10 Å². The minimum Gasteiger partial charge on any atom is -0.462 e. The molecule has 1 N–H and O–H groups in total. The van der Waals surface area contributed by atoms with Crippen molar-refractivity contribution in [2.45, 2.75) is 168 Å². The predicted octanol–water partition coefficient (Wildman–Crippen LogP) is 10.7. The van der Waals surface area contributed by atoms with Crippen LogP contribution >= 0.6 is 0 Å². The summed E-state index contributed by atoms with van der Waals surface area (Å²) in [5.74, 6) is -0.640. The van der Waals surface area contributed by atoms with E-state index in [4.69, 9.17) is 9.47 Å². The number of allylic oxidation sites excluding steroid dienone is 8. The van der Waals surface area contributed by atoms with Gasteiger partial charge in [0.25, 0.3) is 0 Å². The number of hydrogen-bond acceptors (Lipinski definition) is 5. The Morgan fingerprint density at radius 2 is 1.00 bits per heavy atom. The molecule has 0 rings (SSSR count). The molecule has 0 saturated heterocycles. The van der Waals surface area contributed by atoms with Crippen molar-refractivity contribution >= 4 is 11.9 Å². The highest BCUT2D eigenvalue weighted by atomic mass is 16.6. The maximum absolute atomic E-state index is 12.1. The van der Waals surface area contributed by atoms with Crippen LogP contribution in [0.5, 0.6) is 0 Å².